The van der Waals surface area contributed by atoms with Gasteiger partial charge in [0.2, 0.25) is 5.91 Å². The molecule has 2 aromatic rings. The van der Waals surface area contributed by atoms with Crippen LogP contribution in [0.5, 0.6) is 11.5 Å². The summed E-state index contributed by atoms with van der Waals surface area (Å²) in [6.07, 6.45) is 0. The summed E-state index contributed by atoms with van der Waals surface area (Å²) in [5.41, 5.74) is 6.20. The first kappa shape index (κ1) is 15.4. The van der Waals surface area contributed by atoms with Crippen LogP contribution in [0.25, 0.3) is 0 Å². The average molecular weight is 300 g/mol. The van der Waals surface area contributed by atoms with E-state index >= 15 is 0 Å². The van der Waals surface area contributed by atoms with E-state index in [-0.39, 0.29) is 11.1 Å². The van der Waals surface area contributed by atoms with Crippen molar-refractivity contribution in [3.8, 4) is 11.5 Å². The molecule has 0 radical (unpaired) electrons. The SMILES string of the molecule is COc1ccccc1NC(=O)c1cc(C(N)=O)ccc1OC. The number of nitrogens with two attached hydrogens (primary N) is 1. The molecule has 0 saturated heterocycles. The van der Waals surface area contributed by atoms with Crippen LogP contribution in [0.3, 0.4) is 0 Å². The van der Waals surface area contributed by atoms with Crippen molar-refractivity contribution >= 4 is 17.5 Å². The number of hydrogen-bond acceptors (Lipinski definition) is 4. The highest BCUT2D eigenvalue weighted by Gasteiger charge is 2.16. The van der Waals surface area contributed by atoms with Crippen LogP contribution in [-0.2, 0) is 0 Å². The van der Waals surface area contributed by atoms with Crippen molar-refractivity contribution in [1.82, 2.24) is 0 Å². The molecule has 0 atom stereocenters. The lowest BCUT2D eigenvalue weighted by atomic mass is 10.1. The Labute approximate surface area is 127 Å². The third-order valence-electron chi connectivity index (χ3n) is 3.08. The first-order valence-electron chi connectivity index (χ1n) is 6.49. The van der Waals surface area contributed by atoms with Crippen LogP contribution in [0.1, 0.15) is 20.7 Å². The van der Waals surface area contributed by atoms with Gasteiger partial charge in [0.25, 0.3) is 5.91 Å². The molecule has 2 aromatic carbocycles. The van der Waals surface area contributed by atoms with Crippen molar-refractivity contribution in [2.45, 2.75) is 0 Å². The maximum absolute atomic E-state index is 12.4. The van der Waals surface area contributed by atoms with Crippen LogP contribution in [0, 0.1) is 0 Å². The third kappa shape index (κ3) is 3.17. The number of para-hydroxylation sites is 2. The molecule has 0 aromatic heterocycles. The highest BCUT2D eigenvalue weighted by molar-refractivity contribution is 6.08. The second-order valence-corrected chi connectivity index (χ2v) is 4.43. The topological polar surface area (TPSA) is 90.6 Å². The van der Waals surface area contributed by atoms with Gasteiger partial charge in [-0.1, -0.05) is 12.1 Å². The summed E-state index contributed by atoms with van der Waals surface area (Å²) in [5.74, 6) is -0.170. The predicted molar refractivity (Wildman–Crippen MR) is 82.5 cm³/mol. The first-order chi connectivity index (χ1) is 10.6. The maximum atomic E-state index is 12.4. The summed E-state index contributed by atoms with van der Waals surface area (Å²) in [6, 6.07) is 11.4. The van der Waals surface area contributed by atoms with E-state index in [1.807, 2.05) is 0 Å². The van der Waals surface area contributed by atoms with E-state index in [2.05, 4.69) is 5.32 Å². The molecule has 0 saturated carbocycles. The van der Waals surface area contributed by atoms with E-state index in [4.69, 9.17) is 15.2 Å². The zero-order valence-corrected chi connectivity index (χ0v) is 12.3. The van der Waals surface area contributed by atoms with E-state index < -0.39 is 11.8 Å². The van der Waals surface area contributed by atoms with Gasteiger partial charge in [0, 0.05) is 5.56 Å². The minimum atomic E-state index is -0.617. The number of benzene rings is 2. The van der Waals surface area contributed by atoms with Crippen LogP contribution in [-0.4, -0.2) is 26.0 Å². The van der Waals surface area contributed by atoms with E-state index in [0.29, 0.717) is 17.2 Å². The fraction of sp³-hybridized carbons (Fsp3) is 0.125. The Morgan fingerprint density at radius 3 is 2.32 bits per heavy atom. The number of nitrogens with one attached hydrogen (secondary N) is 1. The zero-order valence-electron chi connectivity index (χ0n) is 12.3. The Morgan fingerprint density at radius 2 is 1.68 bits per heavy atom. The van der Waals surface area contributed by atoms with Crippen LogP contribution in [0.2, 0.25) is 0 Å². The number of rotatable bonds is 5. The van der Waals surface area contributed by atoms with Crippen LogP contribution >= 0.6 is 0 Å². The lowest BCUT2D eigenvalue weighted by molar-refractivity contribution is 0.1000. The highest BCUT2D eigenvalue weighted by Crippen LogP contribution is 2.26. The Hall–Kier alpha value is -3.02. The van der Waals surface area contributed by atoms with Crippen LogP contribution in [0.15, 0.2) is 42.5 Å². The fourth-order valence-corrected chi connectivity index (χ4v) is 1.98. The lowest BCUT2D eigenvalue weighted by Gasteiger charge is -2.12. The van der Waals surface area contributed by atoms with Crippen molar-refractivity contribution in [2.24, 2.45) is 5.73 Å². The largest absolute Gasteiger partial charge is 0.496 e. The van der Waals surface area contributed by atoms with Crippen molar-refractivity contribution in [1.29, 1.82) is 0 Å². The molecule has 2 amide bonds. The Bertz CT molecular complexity index is 713. The number of anilines is 1. The van der Waals surface area contributed by atoms with Gasteiger partial charge < -0.3 is 20.5 Å². The first-order valence-corrected chi connectivity index (χ1v) is 6.49. The molecule has 0 heterocycles. The van der Waals surface area contributed by atoms with Gasteiger partial charge in [-0.2, -0.15) is 0 Å². The van der Waals surface area contributed by atoms with E-state index in [1.54, 1.807) is 24.3 Å². The highest BCUT2D eigenvalue weighted by atomic mass is 16.5. The average Bonchev–Trinajstić information content (AvgIpc) is 2.54. The molecule has 3 N–H and O–H groups in total. The quantitative estimate of drug-likeness (QED) is 0.884. The fourth-order valence-electron chi connectivity index (χ4n) is 1.98. The smallest absolute Gasteiger partial charge is 0.259 e. The summed E-state index contributed by atoms with van der Waals surface area (Å²) in [4.78, 5) is 23.7. The van der Waals surface area contributed by atoms with Crippen LogP contribution < -0.4 is 20.5 Å². The van der Waals surface area contributed by atoms with Gasteiger partial charge >= 0.3 is 0 Å². The van der Waals surface area contributed by atoms with Gasteiger partial charge in [-0.15, -0.1) is 0 Å². The van der Waals surface area contributed by atoms with Crippen LogP contribution in [0.4, 0.5) is 5.69 Å². The number of ether oxygens (including phenoxy) is 2. The molecule has 114 valence electrons. The van der Waals surface area contributed by atoms with Gasteiger partial charge in [0.1, 0.15) is 11.5 Å². The van der Waals surface area contributed by atoms with E-state index in [0.717, 1.165) is 0 Å². The lowest BCUT2D eigenvalue weighted by Crippen LogP contribution is -2.16. The standard InChI is InChI=1S/C16H16N2O4/c1-21-13-8-7-10(15(17)19)9-11(13)16(20)18-12-5-3-4-6-14(12)22-2/h3-9H,1-2H3,(H2,17,19)(H,18,20). The molecule has 0 bridgehead atoms. The Kier molecular flexibility index (Phi) is 4.63. The molecule has 2 rings (SSSR count). The summed E-state index contributed by atoms with van der Waals surface area (Å²) in [5, 5.41) is 2.72. The number of amides is 2. The molecular weight excluding hydrogens is 284 g/mol. The van der Waals surface area contributed by atoms with Gasteiger partial charge in [-0.05, 0) is 30.3 Å². The minimum absolute atomic E-state index is 0.213. The number of carbonyl (C=O) groups is 2. The molecule has 0 spiro atoms. The minimum Gasteiger partial charge on any atom is -0.496 e. The molecule has 0 unspecified atom stereocenters. The summed E-state index contributed by atoms with van der Waals surface area (Å²) < 4.78 is 10.3. The van der Waals surface area contributed by atoms with Gasteiger partial charge in [0.15, 0.2) is 0 Å². The van der Waals surface area contributed by atoms with Crippen molar-refractivity contribution in [3.63, 3.8) is 0 Å². The van der Waals surface area contributed by atoms with E-state index in [9.17, 15) is 9.59 Å². The number of carbonyl (C=O) groups excluding carboxylic acids is 2. The normalized spacial score (nSPS) is 9.91. The zero-order chi connectivity index (χ0) is 16.1. The molecular formula is C16H16N2O4. The number of methoxy groups -OCH3 is 2. The number of hydrogen-bond donors (Lipinski definition) is 2. The molecule has 22 heavy (non-hydrogen) atoms. The molecule has 0 aliphatic rings. The molecule has 0 aliphatic heterocycles. The summed E-state index contributed by atoms with van der Waals surface area (Å²) in [7, 11) is 2.96. The van der Waals surface area contributed by atoms with Gasteiger partial charge in [-0.3, -0.25) is 9.59 Å². The van der Waals surface area contributed by atoms with Crippen molar-refractivity contribution in [3.05, 3.63) is 53.6 Å². The molecule has 0 aliphatic carbocycles. The van der Waals surface area contributed by atoms with E-state index in [1.165, 1.54) is 32.4 Å². The molecule has 0 fully saturated rings. The van der Waals surface area contributed by atoms with Crippen molar-refractivity contribution in [2.75, 3.05) is 19.5 Å². The summed E-state index contributed by atoms with van der Waals surface area (Å²) >= 11 is 0. The monoisotopic (exact) mass is 300 g/mol. The van der Waals surface area contributed by atoms with Gasteiger partial charge in [0.05, 0.1) is 25.5 Å². The maximum Gasteiger partial charge on any atom is 0.259 e. The Balaban J connectivity index is 2.36. The van der Waals surface area contributed by atoms with Crippen molar-refractivity contribution < 1.29 is 19.1 Å². The Morgan fingerprint density at radius 1 is 1.00 bits per heavy atom. The predicted octanol–water partition coefficient (Wildman–Crippen LogP) is 2.05. The second kappa shape index (κ2) is 6.62. The summed E-state index contributed by atoms with van der Waals surface area (Å²) in [6.45, 7) is 0. The molecule has 6 heteroatoms. The number of primary amides is 1. The molecule has 6 nitrogen and oxygen atoms in total. The third-order valence-corrected chi connectivity index (χ3v) is 3.08. The second-order valence-electron chi connectivity index (χ2n) is 4.43. The van der Waals surface area contributed by atoms with Gasteiger partial charge in [-0.25, -0.2) is 0 Å².